The fourth-order valence-corrected chi connectivity index (χ4v) is 1.84. The van der Waals surface area contributed by atoms with Crippen LogP contribution in [0.4, 0.5) is 0 Å². The van der Waals surface area contributed by atoms with Gasteiger partial charge in [0, 0.05) is 5.56 Å². The van der Waals surface area contributed by atoms with E-state index in [1.54, 1.807) is 6.07 Å². The molecule has 0 spiro atoms. The maximum absolute atomic E-state index is 11.2. The van der Waals surface area contributed by atoms with Crippen LogP contribution in [0.1, 0.15) is 30.4 Å². The van der Waals surface area contributed by atoms with Gasteiger partial charge in [-0.3, -0.25) is 4.79 Å². The summed E-state index contributed by atoms with van der Waals surface area (Å²) in [5, 5.41) is 9.18. The van der Waals surface area contributed by atoms with E-state index in [-0.39, 0.29) is 6.42 Å². The molecule has 1 aromatic carbocycles. The molecule has 1 aliphatic carbocycles. The average molecular weight is 228 g/mol. The first kappa shape index (κ1) is 11.4. The van der Waals surface area contributed by atoms with Gasteiger partial charge in [-0.15, -0.1) is 0 Å². The summed E-state index contributed by atoms with van der Waals surface area (Å²) >= 11 is 0. The van der Waals surface area contributed by atoms with Crippen LogP contribution in [-0.4, -0.2) is 17.4 Å². The number of aliphatic carboxylic acids is 1. The van der Waals surface area contributed by atoms with Gasteiger partial charge in [-0.25, -0.2) is 0 Å². The Kier molecular flexibility index (Phi) is 2.97. The number of carboxylic acids is 1. The van der Waals surface area contributed by atoms with Crippen molar-refractivity contribution < 1.29 is 14.7 Å². The molecule has 1 aliphatic rings. The predicted molar refractivity (Wildman–Crippen MR) is 62.5 cm³/mol. The first-order valence-corrected chi connectivity index (χ1v) is 5.45. The largest absolute Gasteiger partial charge is 0.481 e. The van der Waals surface area contributed by atoms with Crippen molar-refractivity contribution >= 4 is 12.3 Å². The van der Waals surface area contributed by atoms with E-state index in [0.29, 0.717) is 12.8 Å². The quantitative estimate of drug-likeness (QED) is 0.633. The number of carbonyl (C=O) groups is 2. The summed E-state index contributed by atoms with van der Waals surface area (Å²) in [4.78, 5) is 21.3. The van der Waals surface area contributed by atoms with E-state index >= 15 is 0 Å². The third kappa shape index (κ3) is 2.21. The molecular formula is C14H12O3. The van der Waals surface area contributed by atoms with E-state index in [2.05, 4.69) is 11.8 Å². The lowest BCUT2D eigenvalue weighted by molar-refractivity contribution is -0.140. The zero-order valence-electron chi connectivity index (χ0n) is 9.27. The summed E-state index contributed by atoms with van der Waals surface area (Å²) < 4.78 is 0. The molecule has 0 heterocycles. The molecule has 1 N–H and O–H groups in total. The van der Waals surface area contributed by atoms with Crippen LogP contribution in [0.3, 0.4) is 0 Å². The Hall–Kier alpha value is -2.08. The van der Waals surface area contributed by atoms with Crippen LogP contribution in [-0.2, 0) is 15.0 Å². The molecule has 0 bridgehead atoms. The predicted octanol–water partition coefficient (Wildman–Crippen LogP) is 1.74. The topological polar surface area (TPSA) is 54.4 Å². The minimum absolute atomic E-state index is 0.203. The Morgan fingerprint density at radius 2 is 2.24 bits per heavy atom. The minimum Gasteiger partial charge on any atom is -0.481 e. The summed E-state index contributed by atoms with van der Waals surface area (Å²) in [5.74, 6) is 4.80. The SMILES string of the molecule is O=CCC#Cc1cccc(C2(C(=O)O)CC2)c1. The van der Waals surface area contributed by atoms with Crippen molar-refractivity contribution in [2.75, 3.05) is 0 Å². The van der Waals surface area contributed by atoms with Gasteiger partial charge in [-0.2, -0.15) is 0 Å². The van der Waals surface area contributed by atoms with Gasteiger partial charge >= 0.3 is 5.97 Å². The lowest BCUT2D eigenvalue weighted by Gasteiger charge is -2.09. The third-order valence-electron chi connectivity index (χ3n) is 2.99. The molecule has 17 heavy (non-hydrogen) atoms. The first-order chi connectivity index (χ1) is 8.19. The van der Waals surface area contributed by atoms with Crippen molar-refractivity contribution in [2.24, 2.45) is 0 Å². The Labute approximate surface area is 99.5 Å². The Morgan fingerprint density at radius 3 is 2.82 bits per heavy atom. The summed E-state index contributed by atoms with van der Waals surface area (Å²) in [7, 11) is 0. The number of rotatable bonds is 3. The molecule has 0 amide bonds. The van der Waals surface area contributed by atoms with Crippen LogP contribution >= 0.6 is 0 Å². The molecule has 0 unspecified atom stereocenters. The van der Waals surface area contributed by atoms with Gasteiger partial charge in [0.15, 0.2) is 0 Å². The van der Waals surface area contributed by atoms with Crippen LogP contribution in [0.2, 0.25) is 0 Å². The van der Waals surface area contributed by atoms with Crippen LogP contribution in [0.15, 0.2) is 24.3 Å². The number of aldehydes is 1. The van der Waals surface area contributed by atoms with Crippen LogP contribution in [0, 0.1) is 11.8 Å². The number of benzene rings is 1. The number of hydrogen-bond acceptors (Lipinski definition) is 2. The normalized spacial score (nSPS) is 15.5. The maximum Gasteiger partial charge on any atom is 0.314 e. The zero-order chi connectivity index (χ0) is 12.3. The fraction of sp³-hybridized carbons (Fsp3) is 0.286. The van der Waals surface area contributed by atoms with Crippen LogP contribution < -0.4 is 0 Å². The van der Waals surface area contributed by atoms with Gasteiger partial charge in [-0.05, 0) is 30.5 Å². The Balaban J connectivity index is 2.27. The lowest BCUT2D eigenvalue weighted by Crippen LogP contribution is -2.19. The molecule has 1 fully saturated rings. The van der Waals surface area contributed by atoms with E-state index in [1.165, 1.54) is 0 Å². The molecule has 1 aromatic rings. The van der Waals surface area contributed by atoms with Crippen LogP contribution in [0.25, 0.3) is 0 Å². The third-order valence-corrected chi connectivity index (χ3v) is 2.99. The van der Waals surface area contributed by atoms with E-state index in [4.69, 9.17) is 0 Å². The van der Waals surface area contributed by atoms with Crippen LogP contribution in [0.5, 0.6) is 0 Å². The average Bonchev–Trinajstić information content (AvgIpc) is 3.11. The molecule has 0 aromatic heterocycles. The highest BCUT2D eigenvalue weighted by Crippen LogP contribution is 2.48. The number of carbonyl (C=O) groups excluding carboxylic acids is 1. The van der Waals surface area contributed by atoms with Gasteiger partial charge < -0.3 is 9.90 Å². The van der Waals surface area contributed by atoms with Crippen molar-refractivity contribution in [1.82, 2.24) is 0 Å². The van der Waals surface area contributed by atoms with Gasteiger partial charge in [0.2, 0.25) is 0 Å². The second kappa shape index (κ2) is 4.42. The van der Waals surface area contributed by atoms with Gasteiger partial charge in [0.1, 0.15) is 6.29 Å². The van der Waals surface area contributed by atoms with E-state index in [1.807, 2.05) is 18.2 Å². The molecule has 0 aliphatic heterocycles. The van der Waals surface area contributed by atoms with E-state index in [9.17, 15) is 14.7 Å². The maximum atomic E-state index is 11.2. The molecule has 0 atom stereocenters. The Morgan fingerprint density at radius 1 is 1.47 bits per heavy atom. The molecule has 0 saturated heterocycles. The standard InChI is InChI=1S/C14H12O3/c15-9-2-1-4-11-5-3-6-12(10-11)14(7-8-14)13(16)17/h3,5-6,9-10H,2,7-8H2,(H,16,17). The van der Waals surface area contributed by atoms with Crippen molar-refractivity contribution in [1.29, 1.82) is 0 Å². The summed E-state index contributed by atoms with van der Waals surface area (Å²) in [6, 6.07) is 7.26. The van der Waals surface area contributed by atoms with E-state index in [0.717, 1.165) is 17.4 Å². The summed E-state index contributed by atoms with van der Waals surface area (Å²) in [6.45, 7) is 0. The lowest BCUT2D eigenvalue weighted by atomic mass is 9.94. The molecule has 3 heteroatoms. The van der Waals surface area contributed by atoms with Gasteiger partial charge in [0.25, 0.3) is 0 Å². The van der Waals surface area contributed by atoms with Crippen molar-refractivity contribution in [2.45, 2.75) is 24.7 Å². The highest BCUT2D eigenvalue weighted by Gasteiger charge is 2.51. The molecule has 2 rings (SSSR count). The molecule has 1 saturated carbocycles. The van der Waals surface area contributed by atoms with Crippen molar-refractivity contribution in [3.63, 3.8) is 0 Å². The summed E-state index contributed by atoms with van der Waals surface area (Å²) in [6.07, 6.45) is 2.33. The highest BCUT2D eigenvalue weighted by molar-refractivity contribution is 5.85. The molecule has 0 radical (unpaired) electrons. The second-order valence-corrected chi connectivity index (χ2v) is 4.14. The number of carboxylic acid groups (broad SMARTS) is 1. The molecule has 3 nitrogen and oxygen atoms in total. The molecular weight excluding hydrogens is 216 g/mol. The summed E-state index contributed by atoms with van der Waals surface area (Å²) in [5.41, 5.74) is 0.877. The monoisotopic (exact) mass is 228 g/mol. The highest BCUT2D eigenvalue weighted by atomic mass is 16.4. The van der Waals surface area contributed by atoms with Crippen molar-refractivity contribution in [3.8, 4) is 11.8 Å². The fourth-order valence-electron chi connectivity index (χ4n) is 1.84. The van der Waals surface area contributed by atoms with Gasteiger partial charge in [0.05, 0.1) is 11.8 Å². The molecule has 86 valence electrons. The first-order valence-electron chi connectivity index (χ1n) is 5.45. The second-order valence-electron chi connectivity index (χ2n) is 4.14. The number of hydrogen-bond donors (Lipinski definition) is 1. The van der Waals surface area contributed by atoms with E-state index < -0.39 is 11.4 Å². The smallest absolute Gasteiger partial charge is 0.314 e. The Bertz CT molecular complexity index is 516. The zero-order valence-corrected chi connectivity index (χ0v) is 9.27. The van der Waals surface area contributed by atoms with Gasteiger partial charge in [-0.1, -0.05) is 24.0 Å². The van der Waals surface area contributed by atoms with Crippen molar-refractivity contribution in [3.05, 3.63) is 35.4 Å². The minimum atomic E-state index is -0.768.